The third-order valence-corrected chi connectivity index (χ3v) is 1.56. The monoisotopic (exact) mass is 175 g/mol. The van der Waals surface area contributed by atoms with E-state index in [1.807, 2.05) is 0 Å². The second-order valence-corrected chi connectivity index (χ2v) is 2.46. The van der Waals surface area contributed by atoms with Gasteiger partial charge in [0.05, 0.1) is 16.9 Å². The lowest BCUT2D eigenvalue weighted by molar-refractivity contribution is 0.298. The van der Waals surface area contributed by atoms with Crippen molar-refractivity contribution in [3.8, 4) is 0 Å². The number of aromatic nitrogens is 1. The smallest absolute Gasteiger partial charge is 0.142 e. The Kier molecular flexibility index (Phi) is 2.79. The molecule has 1 aromatic heterocycles. The van der Waals surface area contributed by atoms with E-state index in [2.05, 4.69) is 4.98 Å². The van der Waals surface area contributed by atoms with Crippen LogP contribution in [0.3, 0.4) is 0 Å². The van der Waals surface area contributed by atoms with Gasteiger partial charge in [-0.15, -0.1) is 0 Å². The minimum absolute atomic E-state index is 0.0294. The van der Waals surface area contributed by atoms with E-state index in [-0.39, 0.29) is 11.6 Å². The van der Waals surface area contributed by atoms with Crippen molar-refractivity contribution >= 4 is 11.6 Å². The molecular formula is C7H7ClFNO. The summed E-state index contributed by atoms with van der Waals surface area (Å²) >= 11 is 5.59. The largest absolute Gasteiger partial charge is 0.396 e. The molecule has 0 atom stereocenters. The lowest BCUT2D eigenvalue weighted by atomic mass is 10.3. The first-order valence-electron chi connectivity index (χ1n) is 3.15. The Hall–Kier alpha value is -0.670. The van der Waals surface area contributed by atoms with E-state index < -0.39 is 5.82 Å². The molecule has 0 radical (unpaired) electrons. The summed E-state index contributed by atoms with van der Waals surface area (Å²) in [4.78, 5) is 3.70. The highest BCUT2D eigenvalue weighted by Gasteiger charge is 2.01. The Balaban J connectivity index is 2.90. The number of aliphatic hydroxyl groups is 1. The van der Waals surface area contributed by atoms with Crippen molar-refractivity contribution in [2.45, 2.75) is 6.42 Å². The lowest BCUT2D eigenvalue weighted by Crippen LogP contribution is -1.95. The molecule has 0 aliphatic rings. The Labute approximate surface area is 68.6 Å². The maximum absolute atomic E-state index is 12.4. The van der Waals surface area contributed by atoms with Crippen molar-refractivity contribution in [2.24, 2.45) is 0 Å². The molecule has 0 saturated carbocycles. The number of rotatable bonds is 2. The van der Waals surface area contributed by atoms with Crippen LogP contribution in [0.4, 0.5) is 4.39 Å². The molecule has 1 rings (SSSR count). The first-order valence-corrected chi connectivity index (χ1v) is 3.52. The summed E-state index contributed by atoms with van der Waals surface area (Å²) in [7, 11) is 0. The topological polar surface area (TPSA) is 33.1 Å². The molecule has 4 heteroatoms. The van der Waals surface area contributed by atoms with Crippen molar-refractivity contribution < 1.29 is 9.50 Å². The van der Waals surface area contributed by atoms with Gasteiger partial charge < -0.3 is 5.11 Å². The first kappa shape index (κ1) is 8.43. The van der Waals surface area contributed by atoms with Crippen LogP contribution in [0.2, 0.25) is 5.02 Å². The quantitative estimate of drug-likeness (QED) is 0.737. The summed E-state index contributed by atoms with van der Waals surface area (Å²) in [5, 5.41) is 8.78. The Morgan fingerprint density at radius 1 is 1.64 bits per heavy atom. The van der Waals surface area contributed by atoms with Crippen LogP contribution in [0.15, 0.2) is 12.3 Å². The third-order valence-electron chi connectivity index (χ3n) is 1.23. The molecule has 2 nitrogen and oxygen atoms in total. The number of aliphatic hydroxyl groups excluding tert-OH is 1. The molecule has 0 aliphatic heterocycles. The van der Waals surface area contributed by atoms with Crippen LogP contribution in [-0.4, -0.2) is 16.7 Å². The highest BCUT2D eigenvalue weighted by molar-refractivity contribution is 6.31. The first-order chi connectivity index (χ1) is 5.24. The van der Waals surface area contributed by atoms with E-state index in [1.165, 1.54) is 6.07 Å². The Bertz CT molecular complexity index is 254. The van der Waals surface area contributed by atoms with Gasteiger partial charge in [0.15, 0.2) is 0 Å². The lowest BCUT2D eigenvalue weighted by Gasteiger charge is -1.99. The molecule has 0 amide bonds. The van der Waals surface area contributed by atoms with Crippen LogP contribution in [0, 0.1) is 5.82 Å². The third kappa shape index (κ3) is 2.13. The predicted molar refractivity (Wildman–Crippen MR) is 40.0 cm³/mol. The molecule has 1 N–H and O–H groups in total. The summed E-state index contributed by atoms with van der Waals surface area (Å²) in [6.45, 7) is -0.0294. The highest BCUT2D eigenvalue weighted by Crippen LogP contribution is 2.14. The van der Waals surface area contributed by atoms with Crippen LogP contribution >= 0.6 is 11.6 Å². The fourth-order valence-electron chi connectivity index (χ4n) is 0.733. The van der Waals surface area contributed by atoms with Crippen molar-refractivity contribution in [3.05, 3.63) is 28.8 Å². The zero-order valence-corrected chi connectivity index (χ0v) is 6.48. The summed E-state index contributed by atoms with van der Waals surface area (Å²) in [6, 6.07) is 1.18. The molecule has 1 aromatic rings. The van der Waals surface area contributed by atoms with Gasteiger partial charge in [-0.3, -0.25) is 4.98 Å². The summed E-state index contributed by atoms with van der Waals surface area (Å²) < 4.78 is 12.4. The Morgan fingerprint density at radius 3 is 2.91 bits per heavy atom. The standard InChI is InChI=1S/C7H7ClFNO/c8-6-3-5(9)4-10-7(6)1-2-11/h3-4,11H,1-2H2. The molecule has 0 bridgehead atoms. The number of nitrogens with zero attached hydrogens (tertiary/aromatic N) is 1. The fraction of sp³-hybridized carbons (Fsp3) is 0.286. The second kappa shape index (κ2) is 3.64. The SMILES string of the molecule is OCCc1ncc(F)cc1Cl. The number of hydrogen-bond donors (Lipinski definition) is 1. The average molecular weight is 176 g/mol. The zero-order chi connectivity index (χ0) is 8.27. The van der Waals surface area contributed by atoms with Gasteiger partial charge in [0, 0.05) is 13.0 Å². The molecule has 0 spiro atoms. The van der Waals surface area contributed by atoms with Gasteiger partial charge in [-0.1, -0.05) is 11.6 Å². The number of halogens is 2. The van der Waals surface area contributed by atoms with Gasteiger partial charge in [-0.25, -0.2) is 4.39 Å². The van der Waals surface area contributed by atoms with E-state index in [9.17, 15) is 4.39 Å². The number of pyridine rings is 1. The van der Waals surface area contributed by atoms with Crippen molar-refractivity contribution in [2.75, 3.05) is 6.61 Å². The van der Waals surface area contributed by atoms with Crippen LogP contribution in [0.5, 0.6) is 0 Å². The molecule has 0 unspecified atom stereocenters. The van der Waals surface area contributed by atoms with E-state index in [0.717, 1.165) is 6.20 Å². The van der Waals surface area contributed by atoms with Gasteiger partial charge in [-0.2, -0.15) is 0 Å². The second-order valence-electron chi connectivity index (χ2n) is 2.06. The van der Waals surface area contributed by atoms with E-state index in [0.29, 0.717) is 12.1 Å². The summed E-state index contributed by atoms with van der Waals surface area (Å²) in [5.74, 6) is -0.461. The molecule has 0 aliphatic carbocycles. The molecule has 1 heterocycles. The molecule has 0 aromatic carbocycles. The van der Waals surface area contributed by atoms with Crippen LogP contribution in [0.1, 0.15) is 5.69 Å². The van der Waals surface area contributed by atoms with Crippen molar-refractivity contribution in [1.82, 2.24) is 4.98 Å². The van der Waals surface area contributed by atoms with Gasteiger partial charge in [0.1, 0.15) is 5.82 Å². The summed E-state index contributed by atoms with van der Waals surface area (Å²) in [5.41, 5.74) is 0.524. The average Bonchev–Trinajstić information content (AvgIpc) is 1.95. The summed E-state index contributed by atoms with van der Waals surface area (Å²) in [6.07, 6.45) is 1.44. The molecule has 0 fully saturated rings. The fourth-order valence-corrected chi connectivity index (χ4v) is 0.980. The maximum Gasteiger partial charge on any atom is 0.142 e. The minimum Gasteiger partial charge on any atom is -0.396 e. The van der Waals surface area contributed by atoms with Crippen LogP contribution < -0.4 is 0 Å². The molecule has 60 valence electrons. The van der Waals surface area contributed by atoms with Gasteiger partial charge in [0.2, 0.25) is 0 Å². The molecule has 11 heavy (non-hydrogen) atoms. The molecular weight excluding hydrogens is 169 g/mol. The predicted octanol–water partition coefficient (Wildman–Crippen LogP) is 1.41. The van der Waals surface area contributed by atoms with Crippen LogP contribution in [-0.2, 0) is 6.42 Å². The van der Waals surface area contributed by atoms with Gasteiger partial charge in [0.25, 0.3) is 0 Å². The van der Waals surface area contributed by atoms with Gasteiger partial charge >= 0.3 is 0 Å². The van der Waals surface area contributed by atoms with E-state index in [1.54, 1.807) is 0 Å². The number of hydrogen-bond acceptors (Lipinski definition) is 2. The van der Waals surface area contributed by atoms with Crippen molar-refractivity contribution in [3.63, 3.8) is 0 Å². The molecule has 0 saturated heterocycles. The Morgan fingerprint density at radius 2 is 2.36 bits per heavy atom. The van der Waals surface area contributed by atoms with Crippen LogP contribution in [0.25, 0.3) is 0 Å². The minimum atomic E-state index is -0.461. The highest BCUT2D eigenvalue weighted by atomic mass is 35.5. The normalized spacial score (nSPS) is 10.1. The van der Waals surface area contributed by atoms with Gasteiger partial charge in [-0.05, 0) is 6.07 Å². The van der Waals surface area contributed by atoms with Crippen molar-refractivity contribution in [1.29, 1.82) is 0 Å². The van der Waals surface area contributed by atoms with E-state index >= 15 is 0 Å². The maximum atomic E-state index is 12.4. The van der Waals surface area contributed by atoms with E-state index in [4.69, 9.17) is 16.7 Å². The zero-order valence-electron chi connectivity index (χ0n) is 5.72.